The molecule has 1 N–H and O–H groups in total. The Bertz CT molecular complexity index is 823. The molecule has 2 aromatic carbocycles. The van der Waals surface area contributed by atoms with Crippen LogP contribution in [0.1, 0.15) is 11.1 Å². The molecule has 0 aliphatic heterocycles. The highest BCUT2D eigenvalue weighted by Gasteiger charge is 2.21. The highest BCUT2D eigenvalue weighted by Crippen LogP contribution is 2.32. The van der Waals surface area contributed by atoms with E-state index in [0.717, 1.165) is 0 Å². The van der Waals surface area contributed by atoms with E-state index >= 15 is 0 Å². The van der Waals surface area contributed by atoms with Crippen molar-refractivity contribution in [3.63, 3.8) is 0 Å². The van der Waals surface area contributed by atoms with Crippen LogP contribution in [0.2, 0.25) is 0 Å². The van der Waals surface area contributed by atoms with Gasteiger partial charge in [-0.15, -0.1) is 0 Å². The Morgan fingerprint density at radius 3 is 1.92 bits per heavy atom. The highest BCUT2D eigenvalue weighted by atomic mass is 32.2. The lowest BCUT2D eigenvalue weighted by atomic mass is 10.1. The molecule has 2 aromatic rings. The molecule has 0 aliphatic carbocycles. The number of sulfonamides is 1. The number of hydrogen-bond donors (Lipinski definition) is 1. The second-order valence-electron chi connectivity index (χ2n) is 5.27. The Morgan fingerprint density at radius 2 is 1.42 bits per heavy atom. The van der Waals surface area contributed by atoms with Crippen molar-refractivity contribution in [1.29, 1.82) is 0 Å². The molecule has 0 spiro atoms. The lowest BCUT2D eigenvalue weighted by Gasteiger charge is -2.15. The van der Waals surface area contributed by atoms with Crippen molar-refractivity contribution < 1.29 is 22.6 Å². The van der Waals surface area contributed by atoms with E-state index in [2.05, 4.69) is 4.72 Å². The molecule has 0 radical (unpaired) electrons. The molecule has 6 nitrogen and oxygen atoms in total. The van der Waals surface area contributed by atoms with Gasteiger partial charge in [-0.25, -0.2) is 8.42 Å². The Hall–Kier alpha value is -2.41. The Balaban J connectivity index is 2.43. The Morgan fingerprint density at radius 1 is 0.833 bits per heavy atom. The highest BCUT2D eigenvalue weighted by molar-refractivity contribution is 7.92. The number of rotatable bonds is 6. The topological polar surface area (TPSA) is 73.9 Å². The molecular formula is C17H21NO5S. The lowest BCUT2D eigenvalue weighted by Crippen LogP contribution is -2.16. The van der Waals surface area contributed by atoms with E-state index in [1.165, 1.54) is 14.2 Å². The molecular weight excluding hydrogens is 330 g/mol. The van der Waals surface area contributed by atoms with Crippen molar-refractivity contribution in [2.75, 3.05) is 26.1 Å². The summed E-state index contributed by atoms with van der Waals surface area (Å²) in [4.78, 5) is 0.234. The maximum atomic E-state index is 12.8. The normalized spacial score (nSPS) is 11.0. The summed E-state index contributed by atoms with van der Waals surface area (Å²) in [6.45, 7) is 3.47. The molecule has 7 heteroatoms. The van der Waals surface area contributed by atoms with E-state index in [9.17, 15) is 8.42 Å². The zero-order valence-electron chi connectivity index (χ0n) is 14.3. The summed E-state index contributed by atoms with van der Waals surface area (Å²) in [7, 11) is 0.813. The van der Waals surface area contributed by atoms with E-state index < -0.39 is 10.0 Å². The van der Waals surface area contributed by atoms with Gasteiger partial charge in [0.15, 0.2) is 11.5 Å². The van der Waals surface area contributed by atoms with Gasteiger partial charge in [0.1, 0.15) is 5.75 Å². The van der Waals surface area contributed by atoms with Crippen LogP contribution in [0.4, 0.5) is 5.69 Å². The van der Waals surface area contributed by atoms with E-state index in [1.54, 1.807) is 51.3 Å². The molecule has 0 fully saturated rings. The molecule has 0 aromatic heterocycles. The fraction of sp³-hybridized carbons (Fsp3) is 0.294. The van der Waals surface area contributed by atoms with Crippen molar-refractivity contribution in [2.24, 2.45) is 0 Å². The summed E-state index contributed by atoms with van der Waals surface area (Å²) in [6, 6.07) is 8.22. The molecule has 130 valence electrons. The predicted octanol–water partition coefficient (Wildman–Crippen LogP) is 3.13. The molecule has 0 bridgehead atoms. The number of hydrogen-bond acceptors (Lipinski definition) is 5. The minimum absolute atomic E-state index is 0.234. The van der Waals surface area contributed by atoms with Crippen molar-refractivity contribution in [2.45, 2.75) is 18.7 Å². The molecule has 0 atom stereocenters. The first kappa shape index (κ1) is 17.9. The number of nitrogens with one attached hydrogen (secondary N) is 1. The fourth-order valence-electron chi connectivity index (χ4n) is 2.56. The van der Waals surface area contributed by atoms with Crippen molar-refractivity contribution in [1.82, 2.24) is 0 Å². The van der Waals surface area contributed by atoms with E-state index in [1.807, 2.05) is 0 Å². The van der Waals surface area contributed by atoms with Crippen LogP contribution in [0.25, 0.3) is 0 Å². The third-order valence-electron chi connectivity index (χ3n) is 3.57. The van der Waals surface area contributed by atoms with E-state index in [4.69, 9.17) is 14.2 Å². The van der Waals surface area contributed by atoms with Crippen molar-refractivity contribution in [3.8, 4) is 17.2 Å². The van der Waals surface area contributed by atoms with Gasteiger partial charge in [-0.1, -0.05) is 0 Å². The van der Waals surface area contributed by atoms with E-state index in [-0.39, 0.29) is 4.90 Å². The zero-order chi connectivity index (χ0) is 17.9. The molecule has 0 saturated heterocycles. The third-order valence-corrected chi connectivity index (χ3v) is 5.26. The largest absolute Gasteiger partial charge is 0.497 e. The standard InChI is InChI=1S/C17H21NO5S/c1-11-8-14(21-3)9-12(2)17(11)24(19,20)18-13-6-7-15(22-4)16(10-13)23-5/h6-10,18H,1-5H3. The van der Waals surface area contributed by atoms with Crippen LogP contribution in [-0.2, 0) is 10.0 Å². The number of anilines is 1. The quantitative estimate of drug-likeness (QED) is 0.865. The molecule has 24 heavy (non-hydrogen) atoms. The monoisotopic (exact) mass is 351 g/mol. The van der Waals surface area contributed by atoms with Crippen LogP contribution < -0.4 is 18.9 Å². The van der Waals surface area contributed by atoms with Gasteiger partial charge in [0.2, 0.25) is 0 Å². The van der Waals surface area contributed by atoms with Gasteiger partial charge in [-0.3, -0.25) is 4.72 Å². The smallest absolute Gasteiger partial charge is 0.262 e. The average molecular weight is 351 g/mol. The SMILES string of the molecule is COc1cc(C)c(S(=O)(=O)Nc2ccc(OC)c(OC)c2)c(C)c1. The van der Waals surface area contributed by atoms with Gasteiger partial charge < -0.3 is 14.2 Å². The summed E-state index contributed by atoms with van der Waals surface area (Å²) in [5.74, 6) is 1.59. The van der Waals surface area contributed by atoms with Crippen molar-refractivity contribution >= 4 is 15.7 Å². The summed E-state index contributed by atoms with van der Waals surface area (Å²) in [5.41, 5.74) is 1.61. The maximum absolute atomic E-state index is 12.8. The van der Waals surface area contributed by atoms with Gasteiger partial charge >= 0.3 is 0 Å². The van der Waals surface area contributed by atoms with Gasteiger partial charge in [0, 0.05) is 6.07 Å². The first-order valence-corrected chi connectivity index (χ1v) is 8.70. The summed E-state index contributed by atoms with van der Waals surface area (Å²) >= 11 is 0. The Labute approximate surface area is 142 Å². The molecule has 0 heterocycles. The molecule has 0 amide bonds. The van der Waals surface area contributed by atoms with Crippen LogP contribution >= 0.6 is 0 Å². The van der Waals surface area contributed by atoms with Gasteiger partial charge in [0.25, 0.3) is 10.0 Å². The molecule has 0 unspecified atom stereocenters. The first-order valence-electron chi connectivity index (χ1n) is 7.22. The zero-order valence-corrected chi connectivity index (χ0v) is 15.2. The van der Waals surface area contributed by atoms with Gasteiger partial charge in [0.05, 0.1) is 31.9 Å². The van der Waals surface area contributed by atoms with Crippen LogP contribution in [0, 0.1) is 13.8 Å². The number of ether oxygens (including phenoxy) is 3. The Kier molecular flexibility index (Phi) is 5.23. The second kappa shape index (κ2) is 7.00. The summed E-state index contributed by atoms with van der Waals surface area (Å²) in [5, 5.41) is 0. The van der Waals surface area contributed by atoms with E-state index in [0.29, 0.717) is 34.1 Å². The van der Waals surface area contributed by atoms with Gasteiger partial charge in [-0.2, -0.15) is 0 Å². The average Bonchev–Trinajstić information content (AvgIpc) is 2.53. The minimum Gasteiger partial charge on any atom is -0.497 e. The fourth-order valence-corrected chi connectivity index (χ4v) is 4.06. The first-order chi connectivity index (χ1) is 11.3. The van der Waals surface area contributed by atoms with Gasteiger partial charge in [-0.05, 0) is 49.2 Å². The number of aryl methyl sites for hydroxylation is 2. The predicted molar refractivity (Wildman–Crippen MR) is 92.8 cm³/mol. The number of benzene rings is 2. The minimum atomic E-state index is -3.75. The molecule has 2 rings (SSSR count). The third kappa shape index (κ3) is 3.56. The van der Waals surface area contributed by atoms with Crippen LogP contribution in [0.5, 0.6) is 17.2 Å². The van der Waals surface area contributed by atoms with Crippen LogP contribution in [0.3, 0.4) is 0 Å². The maximum Gasteiger partial charge on any atom is 0.262 e. The molecule has 0 saturated carbocycles. The van der Waals surface area contributed by atoms with Crippen LogP contribution in [0.15, 0.2) is 35.2 Å². The second-order valence-corrected chi connectivity index (χ2v) is 6.88. The molecule has 0 aliphatic rings. The lowest BCUT2D eigenvalue weighted by molar-refractivity contribution is 0.355. The van der Waals surface area contributed by atoms with Crippen molar-refractivity contribution in [3.05, 3.63) is 41.5 Å². The number of methoxy groups -OCH3 is 3. The summed E-state index contributed by atoms with van der Waals surface area (Å²) < 4.78 is 43.6. The van der Waals surface area contributed by atoms with Crippen LogP contribution in [-0.4, -0.2) is 29.7 Å². The summed E-state index contributed by atoms with van der Waals surface area (Å²) in [6.07, 6.45) is 0.